The average Bonchev–Trinajstić information content (AvgIpc) is 3.47. The van der Waals surface area contributed by atoms with Crippen LogP contribution in [0.1, 0.15) is 36.0 Å². The molecule has 0 spiro atoms. The lowest BCUT2D eigenvalue weighted by Crippen LogP contribution is -2.30. The number of pyridine rings is 1. The van der Waals surface area contributed by atoms with Crippen LogP contribution in [0.5, 0.6) is 0 Å². The quantitative estimate of drug-likeness (QED) is 0.331. The van der Waals surface area contributed by atoms with Gasteiger partial charge in [-0.05, 0) is 59.9 Å². The predicted octanol–water partition coefficient (Wildman–Crippen LogP) is 5.98. The number of rotatable bonds is 6. The molecule has 0 bridgehead atoms. The van der Waals surface area contributed by atoms with Gasteiger partial charge in [0.05, 0.1) is 13.0 Å². The Bertz CT molecular complexity index is 1570. The van der Waals surface area contributed by atoms with E-state index in [9.17, 15) is 18.0 Å². The van der Waals surface area contributed by atoms with Crippen LogP contribution >= 0.6 is 0 Å². The monoisotopic (exact) mass is 533 g/mol. The Morgan fingerprint density at radius 1 is 0.974 bits per heavy atom. The highest BCUT2D eigenvalue weighted by molar-refractivity contribution is 5.82. The highest BCUT2D eigenvalue weighted by atomic mass is 19.4. The number of aryl methyl sites for hydroxylation is 1. The van der Waals surface area contributed by atoms with E-state index in [1.165, 1.54) is 31.4 Å². The van der Waals surface area contributed by atoms with Crippen LogP contribution in [0.3, 0.4) is 0 Å². The van der Waals surface area contributed by atoms with Crippen molar-refractivity contribution in [1.29, 1.82) is 0 Å². The summed E-state index contributed by atoms with van der Waals surface area (Å²) < 4.78 is 40.7. The van der Waals surface area contributed by atoms with E-state index in [0.717, 1.165) is 24.2 Å². The van der Waals surface area contributed by atoms with Crippen molar-refractivity contribution >= 4 is 17.0 Å². The lowest BCUT2D eigenvalue weighted by atomic mass is 10.0. The molecule has 1 saturated heterocycles. The van der Waals surface area contributed by atoms with Gasteiger partial charge in [0.25, 0.3) is 5.56 Å². The lowest BCUT2D eigenvalue weighted by molar-refractivity contribution is -0.127. The molecule has 3 heterocycles. The van der Waals surface area contributed by atoms with Crippen molar-refractivity contribution in [2.24, 2.45) is 11.8 Å². The second-order valence-electron chi connectivity index (χ2n) is 10.8. The van der Waals surface area contributed by atoms with Gasteiger partial charge in [0, 0.05) is 30.2 Å². The summed E-state index contributed by atoms with van der Waals surface area (Å²) in [6, 6.07) is 15.7. The van der Waals surface area contributed by atoms with Crippen molar-refractivity contribution in [2.75, 3.05) is 18.5 Å². The third-order valence-corrected chi connectivity index (χ3v) is 7.98. The van der Waals surface area contributed by atoms with Crippen molar-refractivity contribution < 1.29 is 13.2 Å². The second kappa shape index (κ2) is 10.1. The maximum atomic E-state index is 13.9. The molecule has 39 heavy (non-hydrogen) atoms. The molecule has 1 aliphatic carbocycles. The minimum Gasteiger partial charge on any atom is -0.288 e. The highest BCUT2D eigenvalue weighted by Crippen LogP contribution is 2.37. The number of nitrogens with zero attached hydrogens (tertiary/aromatic N) is 4. The number of anilines is 1. The largest absolute Gasteiger partial charge is 0.393 e. The van der Waals surface area contributed by atoms with E-state index in [0.29, 0.717) is 39.9 Å². The van der Waals surface area contributed by atoms with Gasteiger partial charge in [-0.2, -0.15) is 18.2 Å². The third kappa shape index (κ3) is 5.41. The number of hydrazine groups is 1. The number of fused-ring (bicyclic) bond motifs is 2. The molecular weight excluding hydrogens is 503 g/mol. The molecule has 6 rings (SSSR count). The Balaban J connectivity index is 1.41. The molecule has 2 aliphatic rings. The van der Waals surface area contributed by atoms with E-state index in [1.54, 1.807) is 29.0 Å². The molecule has 1 aliphatic heterocycles. The molecule has 202 valence electrons. The molecule has 2 fully saturated rings. The maximum Gasteiger partial charge on any atom is 0.393 e. The van der Waals surface area contributed by atoms with Crippen LogP contribution in [0.2, 0.25) is 0 Å². The number of nitrogens with one attached hydrogen (secondary N) is 1. The first-order valence-corrected chi connectivity index (χ1v) is 13.4. The molecule has 1 saturated carbocycles. The fourth-order valence-corrected chi connectivity index (χ4v) is 6.15. The molecule has 4 aromatic rings. The zero-order valence-corrected chi connectivity index (χ0v) is 21.7. The average molecular weight is 534 g/mol. The lowest BCUT2D eigenvalue weighted by Gasteiger charge is -2.19. The Labute approximate surface area is 224 Å². The van der Waals surface area contributed by atoms with Gasteiger partial charge in [-0.15, -0.1) is 0 Å². The zero-order valence-electron chi connectivity index (χ0n) is 21.7. The minimum absolute atomic E-state index is 0.0884. The number of hydrogen-bond acceptors (Lipinski definition) is 5. The predicted molar refractivity (Wildman–Crippen MR) is 145 cm³/mol. The zero-order chi connectivity index (χ0) is 27.1. The summed E-state index contributed by atoms with van der Waals surface area (Å²) in [5, 5.41) is 2.84. The van der Waals surface area contributed by atoms with Gasteiger partial charge in [-0.3, -0.25) is 14.8 Å². The molecule has 2 unspecified atom stereocenters. The second-order valence-corrected chi connectivity index (χ2v) is 10.8. The number of benzene rings is 2. The van der Waals surface area contributed by atoms with Crippen LogP contribution in [0.15, 0.2) is 65.6 Å². The van der Waals surface area contributed by atoms with E-state index >= 15 is 0 Å². The van der Waals surface area contributed by atoms with Crippen molar-refractivity contribution in [1.82, 2.24) is 19.5 Å². The van der Waals surface area contributed by atoms with Gasteiger partial charge in [-0.25, -0.2) is 9.99 Å². The highest BCUT2D eigenvalue weighted by Gasteiger charge is 2.36. The molecule has 2 aromatic heterocycles. The number of hydrogen-bond donors (Lipinski definition) is 1. The van der Waals surface area contributed by atoms with Crippen LogP contribution in [0.25, 0.3) is 22.2 Å². The smallest absolute Gasteiger partial charge is 0.288 e. The summed E-state index contributed by atoms with van der Waals surface area (Å²) >= 11 is 0. The molecule has 0 amide bonds. The summed E-state index contributed by atoms with van der Waals surface area (Å²) in [6.07, 6.45) is 0.156. The molecular formula is C30H30F3N5O. The SMILES string of the molecule is Cc1ccccc1-c1cc2cnc(NN3CC4CCCC4C3)nc2n(Cc2cccc(CC(F)(F)F)c2)c1=O. The Kier molecular flexibility index (Phi) is 6.62. The summed E-state index contributed by atoms with van der Waals surface area (Å²) in [4.78, 5) is 23.2. The van der Waals surface area contributed by atoms with Crippen molar-refractivity contribution in [3.05, 3.63) is 87.8 Å². The normalized spacial score (nSPS) is 19.5. The van der Waals surface area contributed by atoms with Crippen LogP contribution in [0.4, 0.5) is 19.1 Å². The molecule has 6 nitrogen and oxygen atoms in total. The van der Waals surface area contributed by atoms with Crippen molar-refractivity contribution in [2.45, 2.75) is 45.3 Å². The standard InChI is InChI=1S/C30H30F3N5O/c1-19-6-2-3-11-25(19)26-13-24-15-34-29(36-37-17-22-9-5-10-23(22)18-37)35-27(24)38(28(26)39)16-21-8-4-7-20(12-21)14-30(31,32)33/h2-4,6-8,11-13,15,22-23H,5,9-10,14,16-18H2,1H3,(H,34,35,36). The van der Waals surface area contributed by atoms with E-state index < -0.39 is 12.6 Å². The van der Waals surface area contributed by atoms with Crippen LogP contribution in [-0.2, 0) is 13.0 Å². The number of aromatic nitrogens is 3. The fraction of sp³-hybridized carbons (Fsp3) is 0.367. The van der Waals surface area contributed by atoms with Gasteiger partial charge in [0.15, 0.2) is 0 Å². The van der Waals surface area contributed by atoms with Gasteiger partial charge < -0.3 is 0 Å². The van der Waals surface area contributed by atoms with E-state index in [4.69, 9.17) is 4.98 Å². The van der Waals surface area contributed by atoms with Gasteiger partial charge in [0.2, 0.25) is 5.95 Å². The molecule has 1 N–H and O–H groups in total. The van der Waals surface area contributed by atoms with E-state index in [1.807, 2.05) is 31.2 Å². The minimum atomic E-state index is -4.31. The first-order chi connectivity index (χ1) is 18.7. The Morgan fingerprint density at radius 3 is 2.46 bits per heavy atom. The summed E-state index contributed by atoms with van der Waals surface area (Å²) in [6.45, 7) is 3.91. The Morgan fingerprint density at radius 2 is 1.72 bits per heavy atom. The summed E-state index contributed by atoms with van der Waals surface area (Å²) in [5.74, 6) is 1.79. The van der Waals surface area contributed by atoms with Gasteiger partial charge >= 0.3 is 6.18 Å². The van der Waals surface area contributed by atoms with Crippen molar-refractivity contribution in [3.63, 3.8) is 0 Å². The fourth-order valence-electron chi connectivity index (χ4n) is 6.15. The number of alkyl halides is 3. The molecule has 0 radical (unpaired) electrons. The van der Waals surface area contributed by atoms with Crippen LogP contribution in [-0.4, -0.2) is 38.8 Å². The summed E-state index contributed by atoms with van der Waals surface area (Å²) in [5.41, 5.74) is 6.53. The molecule has 2 aromatic carbocycles. The van der Waals surface area contributed by atoms with Gasteiger partial charge in [0.1, 0.15) is 5.65 Å². The van der Waals surface area contributed by atoms with E-state index in [-0.39, 0.29) is 17.7 Å². The van der Waals surface area contributed by atoms with Crippen LogP contribution in [0, 0.1) is 18.8 Å². The summed E-state index contributed by atoms with van der Waals surface area (Å²) in [7, 11) is 0. The number of halogens is 3. The topological polar surface area (TPSA) is 63.1 Å². The first kappa shape index (κ1) is 25.6. The maximum absolute atomic E-state index is 13.9. The van der Waals surface area contributed by atoms with E-state index in [2.05, 4.69) is 15.4 Å². The van der Waals surface area contributed by atoms with Crippen molar-refractivity contribution in [3.8, 4) is 11.1 Å². The van der Waals surface area contributed by atoms with Gasteiger partial charge in [-0.1, -0.05) is 55.0 Å². The van der Waals surface area contributed by atoms with Crippen LogP contribution < -0.4 is 11.0 Å². The molecule has 9 heteroatoms. The Hall–Kier alpha value is -3.72. The first-order valence-electron chi connectivity index (χ1n) is 13.4. The third-order valence-electron chi connectivity index (χ3n) is 7.98. The molecule has 2 atom stereocenters.